The summed E-state index contributed by atoms with van der Waals surface area (Å²) in [6, 6.07) is 1.62. The first-order chi connectivity index (χ1) is 10.4. The molecule has 0 aliphatic carbocycles. The number of pyridine rings is 1. The van der Waals surface area contributed by atoms with E-state index in [4.69, 9.17) is 0 Å². The van der Waals surface area contributed by atoms with Gasteiger partial charge in [-0.1, -0.05) is 13.8 Å². The van der Waals surface area contributed by atoms with Gasteiger partial charge in [0.1, 0.15) is 0 Å². The molecule has 0 radical (unpaired) electrons. The number of carbonyl (C=O) groups is 2. The normalized spacial score (nSPS) is 15.3. The van der Waals surface area contributed by atoms with Crippen LogP contribution in [0.5, 0.6) is 0 Å². The van der Waals surface area contributed by atoms with Crippen molar-refractivity contribution in [2.75, 3.05) is 26.2 Å². The van der Waals surface area contributed by atoms with Crippen molar-refractivity contribution in [3.63, 3.8) is 0 Å². The Balaban J connectivity index is 2.12. The predicted octanol–water partition coefficient (Wildman–Crippen LogP) is 1.72. The summed E-state index contributed by atoms with van der Waals surface area (Å²) in [5.41, 5.74) is 0.408. The number of rotatable bonds is 3. The van der Waals surface area contributed by atoms with Crippen molar-refractivity contribution in [1.29, 1.82) is 0 Å². The van der Waals surface area contributed by atoms with Crippen molar-refractivity contribution in [2.45, 2.75) is 27.2 Å². The minimum atomic E-state index is -0.518. The van der Waals surface area contributed by atoms with Crippen LogP contribution >= 0.6 is 0 Å². The van der Waals surface area contributed by atoms with E-state index in [9.17, 15) is 14.0 Å². The quantitative estimate of drug-likeness (QED) is 0.854. The Kier molecular flexibility index (Phi) is 5.11. The maximum Gasteiger partial charge on any atom is 0.275 e. The molecule has 0 atom stereocenters. The van der Waals surface area contributed by atoms with Crippen molar-refractivity contribution < 1.29 is 14.0 Å². The van der Waals surface area contributed by atoms with Gasteiger partial charge in [-0.05, 0) is 24.0 Å². The zero-order chi connectivity index (χ0) is 16.3. The Hall–Kier alpha value is -1.98. The maximum atomic E-state index is 14.5. The van der Waals surface area contributed by atoms with Gasteiger partial charge in [0.05, 0.1) is 0 Å². The van der Waals surface area contributed by atoms with E-state index >= 15 is 0 Å². The number of halogens is 1. The smallest absolute Gasteiger partial charge is 0.275 e. The highest BCUT2D eigenvalue weighted by molar-refractivity contribution is 5.93. The fraction of sp³-hybridized carbons (Fsp3) is 0.562. The summed E-state index contributed by atoms with van der Waals surface area (Å²) in [7, 11) is 0. The maximum absolute atomic E-state index is 14.5. The minimum Gasteiger partial charge on any atom is -0.339 e. The molecule has 2 heterocycles. The molecule has 1 fully saturated rings. The van der Waals surface area contributed by atoms with E-state index in [1.807, 2.05) is 13.8 Å². The molecule has 0 unspecified atom stereocenters. The monoisotopic (exact) mass is 307 g/mol. The standard InChI is InChI=1S/C16H22FN3O2/c1-11(2)10-13-4-5-18-15(14(13)17)16(22)20-8-6-19(7-9-20)12(3)21/h4-5,11H,6-10H2,1-3H3. The lowest BCUT2D eigenvalue weighted by Crippen LogP contribution is -2.50. The Morgan fingerprint density at radius 2 is 1.82 bits per heavy atom. The molecule has 2 amide bonds. The van der Waals surface area contributed by atoms with Crippen molar-refractivity contribution in [3.8, 4) is 0 Å². The second-order valence-corrected chi connectivity index (χ2v) is 6.03. The summed E-state index contributed by atoms with van der Waals surface area (Å²) >= 11 is 0. The van der Waals surface area contributed by atoms with Gasteiger partial charge < -0.3 is 9.80 Å². The predicted molar refractivity (Wildman–Crippen MR) is 80.9 cm³/mol. The summed E-state index contributed by atoms with van der Waals surface area (Å²) in [5, 5.41) is 0. The molecule has 1 aliphatic rings. The Morgan fingerprint density at radius 1 is 1.23 bits per heavy atom. The number of carbonyl (C=O) groups excluding carboxylic acids is 2. The van der Waals surface area contributed by atoms with Gasteiger partial charge in [-0.2, -0.15) is 0 Å². The van der Waals surface area contributed by atoms with E-state index in [0.717, 1.165) is 0 Å². The van der Waals surface area contributed by atoms with Crippen LogP contribution in [0.15, 0.2) is 12.3 Å². The van der Waals surface area contributed by atoms with E-state index in [1.165, 1.54) is 13.1 Å². The van der Waals surface area contributed by atoms with Crippen molar-refractivity contribution in [3.05, 3.63) is 29.3 Å². The third kappa shape index (κ3) is 3.61. The van der Waals surface area contributed by atoms with Crippen molar-refractivity contribution in [1.82, 2.24) is 14.8 Å². The Bertz CT molecular complexity index is 567. The molecule has 6 heteroatoms. The molecular weight excluding hydrogens is 285 g/mol. The molecule has 5 nitrogen and oxygen atoms in total. The third-order valence-electron chi connectivity index (χ3n) is 3.81. The van der Waals surface area contributed by atoms with Gasteiger partial charge in [-0.25, -0.2) is 9.37 Å². The van der Waals surface area contributed by atoms with Crippen molar-refractivity contribution in [2.24, 2.45) is 5.92 Å². The van der Waals surface area contributed by atoms with Crippen LogP contribution in [0.2, 0.25) is 0 Å². The number of piperazine rings is 1. The van der Waals surface area contributed by atoms with E-state index in [0.29, 0.717) is 44.1 Å². The van der Waals surface area contributed by atoms with E-state index < -0.39 is 11.7 Å². The third-order valence-corrected chi connectivity index (χ3v) is 3.81. The second-order valence-electron chi connectivity index (χ2n) is 6.03. The topological polar surface area (TPSA) is 53.5 Å². The fourth-order valence-electron chi connectivity index (χ4n) is 2.60. The number of hydrogen-bond donors (Lipinski definition) is 0. The first kappa shape index (κ1) is 16.4. The lowest BCUT2D eigenvalue weighted by Gasteiger charge is -2.34. The molecule has 120 valence electrons. The van der Waals surface area contributed by atoms with Gasteiger partial charge in [0.15, 0.2) is 11.5 Å². The second kappa shape index (κ2) is 6.85. The highest BCUT2D eigenvalue weighted by atomic mass is 19.1. The van der Waals surface area contributed by atoms with Crippen LogP contribution in [0.1, 0.15) is 36.8 Å². The van der Waals surface area contributed by atoms with Crippen LogP contribution in [0, 0.1) is 11.7 Å². The number of aromatic nitrogens is 1. The highest BCUT2D eigenvalue weighted by Gasteiger charge is 2.26. The lowest BCUT2D eigenvalue weighted by atomic mass is 10.0. The highest BCUT2D eigenvalue weighted by Crippen LogP contribution is 2.17. The molecule has 22 heavy (non-hydrogen) atoms. The van der Waals surface area contributed by atoms with Crippen LogP contribution in [-0.4, -0.2) is 52.8 Å². The fourth-order valence-corrected chi connectivity index (χ4v) is 2.60. The SMILES string of the molecule is CC(=O)N1CCN(C(=O)c2nccc(CC(C)C)c2F)CC1. The van der Waals surface area contributed by atoms with E-state index in [-0.39, 0.29) is 11.6 Å². The Morgan fingerprint density at radius 3 is 2.36 bits per heavy atom. The average Bonchev–Trinajstić information content (AvgIpc) is 2.48. The minimum absolute atomic E-state index is 0.00432. The van der Waals surface area contributed by atoms with Gasteiger partial charge >= 0.3 is 0 Å². The first-order valence-corrected chi connectivity index (χ1v) is 7.58. The molecular formula is C16H22FN3O2. The van der Waals surface area contributed by atoms with Crippen LogP contribution in [-0.2, 0) is 11.2 Å². The molecule has 0 aromatic carbocycles. The van der Waals surface area contributed by atoms with Crippen LogP contribution in [0.3, 0.4) is 0 Å². The summed E-state index contributed by atoms with van der Waals surface area (Å²) in [5.74, 6) is -0.615. The summed E-state index contributed by atoms with van der Waals surface area (Å²) in [6.07, 6.45) is 2.06. The van der Waals surface area contributed by atoms with E-state index in [1.54, 1.807) is 15.9 Å². The zero-order valence-corrected chi connectivity index (χ0v) is 13.3. The van der Waals surface area contributed by atoms with Gasteiger partial charge in [-0.15, -0.1) is 0 Å². The van der Waals surface area contributed by atoms with Gasteiger partial charge in [0, 0.05) is 39.3 Å². The summed E-state index contributed by atoms with van der Waals surface area (Å²) in [4.78, 5) is 30.9. The molecule has 1 aliphatic heterocycles. The largest absolute Gasteiger partial charge is 0.339 e. The lowest BCUT2D eigenvalue weighted by molar-refractivity contribution is -0.130. The molecule has 2 rings (SSSR count). The summed E-state index contributed by atoms with van der Waals surface area (Å²) < 4.78 is 14.5. The number of hydrogen-bond acceptors (Lipinski definition) is 3. The van der Waals surface area contributed by atoms with Gasteiger partial charge in [0.2, 0.25) is 5.91 Å². The van der Waals surface area contributed by atoms with Gasteiger partial charge in [0.25, 0.3) is 5.91 Å². The molecule has 0 bridgehead atoms. The van der Waals surface area contributed by atoms with Crippen LogP contribution in [0.25, 0.3) is 0 Å². The molecule has 0 spiro atoms. The average molecular weight is 307 g/mol. The molecule has 1 saturated heterocycles. The zero-order valence-electron chi connectivity index (χ0n) is 13.3. The van der Waals surface area contributed by atoms with E-state index in [2.05, 4.69) is 4.98 Å². The molecule has 1 aromatic heterocycles. The Labute approximate surface area is 130 Å². The first-order valence-electron chi connectivity index (χ1n) is 7.58. The number of nitrogens with zero attached hydrogens (tertiary/aromatic N) is 3. The summed E-state index contributed by atoms with van der Waals surface area (Å²) in [6.45, 7) is 7.30. The number of amides is 2. The van der Waals surface area contributed by atoms with Gasteiger partial charge in [-0.3, -0.25) is 9.59 Å². The van der Waals surface area contributed by atoms with Crippen molar-refractivity contribution >= 4 is 11.8 Å². The van der Waals surface area contributed by atoms with Crippen LogP contribution < -0.4 is 0 Å². The molecule has 0 N–H and O–H groups in total. The molecule has 1 aromatic rings. The van der Waals surface area contributed by atoms with Crippen LogP contribution in [0.4, 0.5) is 4.39 Å². The molecule has 0 saturated carbocycles.